The van der Waals surface area contributed by atoms with Crippen LogP contribution in [0.4, 0.5) is 4.39 Å². The predicted octanol–water partition coefficient (Wildman–Crippen LogP) is 5.86. The second-order valence-electron chi connectivity index (χ2n) is 6.01. The molecule has 20 heavy (non-hydrogen) atoms. The Morgan fingerprint density at radius 1 is 1.40 bits per heavy atom. The van der Waals surface area contributed by atoms with Crippen LogP contribution in [-0.2, 0) is 0 Å². The third-order valence-electron chi connectivity index (χ3n) is 4.42. The van der Waals surface area contributed by atoms with E-state index in [2.05, 4.69) is 35.1 Å². The highest BCUT2D eigenvalue weighted by atomic mass is 79.9. The molecule has 0 amide bonds. The zero-order valence-corrected chi connectivity index (χ0v) is 14.5. The molecule has 1 unspecified atom stereocenters. The van der Waals surface area contributed by atoms with Crippen molar-refractivity contribution in [2.24, 2.45) is 5.41 Å². The quantitative estimate of drug-likeness (QED) is 0.647. The van der Waals surface area contributed by atoms with Gasteiger partial charge in [-0.25, -0.2) is 4.39 Å². The second kappa shape index (κ2) is 6.76. The lowest BCUT2D eigenvalue weighted by Crippen LogP contribution is -2.35. The highest BCUT2D eigenvalue weighted by Crippen LogP contribution is 2.48. The Hall–Kier alpha value is -0.120. The highest BCUT2D eigenvalue weighted by Gasteiger charge is 2.39. The monoisotopic (exact) mass is 361 g/mol. The van der Waals surface area contributed by atoms with E-state index in [0.717, 1.165) is 25.8 Å². The lowest BCUT2D eigenvalue weighted by molar-refractivity contribution is 0.219. The maximum absolute atomic E-state index is 14.6. The molecule has 1 nitrogen and oxygen atoms in total. The zero-order chi connectivity index (χ0) is 14.8. The van der Waals surface area contributed by atoms with Gasteiger partial charge in [-0.15, -0.1) is 0 Å². The van der Waals surface area contributed by atoms with Crippen LogP contribution in [0.5, 0.6) is 0 Å². The Bertz CT molecular complexity index is 472. The molecule has 0 heterocycles. The fourth-order valence-corrected chi connectivity index (χ4v) is 3.73. The van der Waals surface area contributed by atoms with Crippen LogP contribution in [0.2, 0.25) is 5.02 Å². The summed E-state index contributed by atoms with van der Waals surface area (Å²) < 4.78 is 15.2. The van der Waals surface area contributed by atoms with E-state index in [0.29, 0.717) is 10.0 Å². The molecule has 1 aromatic rings. The molecule has 112 valence electrons. The van der Waals surface area contributed by atoms with Crippen molar-refractivity contribution >= 4 is 27.5 Å². The molecular formula is C16H22BrClFN. The fourth-order valence-electron chi connectivity index (χ4n) is 3.26. The Kier molecular flexibility index (Phi) is 5.49. The maximum atomic E-state index is 14.6. The summed E-state index contributed by atoms with van der Waals surface area (Å²) in [6.45, 7) is 5.29. The summed E-state index contributed by atoms with van der Waals surface area (Å²) in [5.41, 5.74) is 0.823. The lowest BCUT2D eigenvalue weighted by Gasteiger charge is -2.36. The van der Waals surface area contributed by atoms with Crippen molar-refractivity contribution in [2.45, 2.75) is 52.0 Å². The lowest BCUT2D eigenvalue weighted by atomic mass is 9.77. The van der Waals surface area contributed by atoms with Crippen LogP contribution in [0, 0.1) is 11.2 Å². The molecule has 1 saturated carbocycles. The SMILES string of the molecule is CCCNC(c1ccc(Br)c(Cl)c1F)C1(C)CCCC1. The minimum absolute atomic E-state index is 0.0375. The molecule has 0 aromatic heterocycles. The van der Waals surface area contributed by atoms with Crippen LogP contribution >= 0.6 is 27.5 Å². The van der Waals surface area contributed by atoms with E-state index in [-0.39, 0.29) is 22.3 Å². The van der Waals surface area contributed by atoms with Crippen LogP contribution in [0.1, 0.15) is 57.6 Å². The number of nitrogens with one attached hydrogen (secondary N) is 1. The molecule has 1 atom stereocenters. The van der Waals surface area contributed by atoms with E-state index in [1.54, 1.807) is 0 Å². The average Bonchev–Trinajstić information content (AvgIpc) is 2.86. The first kappa shape index (κ1) is 16.3. The van der Waals surface area contributed by atoms with Gasteiger partial charge in [-0.05, 0) is 53.2 Å². The summed E-state index contributed by atoms with van der Waals surface area (Å²) in [6.07, 6.45) is 5.78. The summed E-state index contributed by atoms with van der Waals surface area (Å²) in [4.78, 5) is 0. The minimum Gasteiger partial charge on any atom is -0.309 e. The number of hydrogen-bond acceptors (Lipinski definition) is 1. The zero-order valence-electron chi connectivity index (χ0n) is 12.1. The molecule has 0 aliphatic heterocycles. The van der Waals surface area contributed by atoms with Gasteiger partial charge in [0.15, 0.2) is 0 Å². The molecule has 1 aliphatic rings. The van der Waals surface area contributed by atoms with Crippen LogP contribution in [0.15, 0.2) is 16.6 Å². The van der Waals surface area contributed by atoms with Crippen molar-refractivity contribution in [3.05, 3.63) is 33.0 Å². The molecule has 2 rings (SSSR count). The Balaban J connectivity index is 2.38. The van der Waals surface area contributed by atoms with Gasteiger partial charge in [0.2, 0.25) is 0 Å². The molecule has 0 saturated heterocycles. The Morgan fingerprint density at radius 3 is 2.65 bits per heavy atom. The van der Waals surface area contributed by atoms with E-state index < -0.39 is 0 Å². The van der Waals surface area contributed by atoms with Gasteiger partial charge in [-0.3, -0.25) is 0 Å². The van der Waals surface area contributed by atoms with Crippen LogP contribution in [-0.4, -0.2) is 6.54 Å². The molecule has 1 aliphatic carbocycles. The Labute approximate surface area is 134 Å². The molecule has 0 spiro atoms. The molecular weight excluding hydrogens is 341 g/mol. The van der Waals surface area contributed by atoms with Crippen molar-refractivity contribution in [3.63, 3.8) is 0 Å². The largest absolute Gasteiger partial charge is 0.309 e. The first-order chi connectivity index (χ1) is 9.49. The third kappa shape index (κ3) is 3.20. The van der Waals surface area contributed by atoms with E-state index in [4.69, 9.17) is 11.6 Å². The van der Waals surface area contributed by atoms with Crippen molar-refractivity contribution in [3.8, 4) is 0 Å². The van der Waals surface area contributed by atoms with Gasteiger partial charge >= 0.3 is 0 Å². The summed E-state index contributed by atoms with van der Waals surface area (Å²) in [5, 5.41) is 3.73. The van der Waals surface area contributed by atoms with Gasteiger partial charge in [0.25, 0.3) is 0 Å². The minimum atomic E-state index is -0.289. The number of halogens is 3. The van der Waals surface area contributed by atoms with Gasteiger partial charge in [-0.1, -0.05) is 44.4 Å². The van der Waals surface area contributed by atoms with E-state index in [9.17, 15) is 4.39 Å². The molecule has 1 aromatic carbocycles. The van der Waals surface area contributed by atoms with Gasteiger partial charge in [0.1, 0.15) is 5.82 Å². The summed E-state index contributed by atoms with van der Waals surface area (Å²) in [5.74, 6) is -0.289. The second-order valence-corrected chi connectivity index (χ2v) is 7.25. The smallest absolute Gasteiger partial charge is 0.147 e. The van der Waals surface area contributed by atoms with Crippen LogP contribution < -0.4 is 5.32 Å². The van der Waals surface area contributed by atoms with Crippen molar-refractivity contribution in [1.82, 2.24) is 5.32 Å². The summed E-state index contributed by atoms with van der Waals surface area (Å²) in [7, 11) is 0. The van der Waals surface area contributed by atoms with Gasteiger partial charge in [-0.2, -0.15) is 0 Å². The fraction of sp³-hybridized carbons (Fsp3) is 0.625. The van der Waals surface area contributed by atoms with Crippen LogP contribution in [0.3, 0.4) is 0 Å². The maximum Gasteiger partial charge on any atom is 0.147 e. The van der Waals surface area contributed by atoms with Crippen LogP contribution in [0.25, 0.3) is 0 Å². The molecule has 4 heteroatoms. The van der Waals surface area contributed by atoms with E-state index in [1.165, 1.54) is 12.8 Å². The average molecular weight is 363 g/mol. The summed E-state index contributed by atoms with van der Waals surface area (Å²) >= 11 is 9.35. The van der Waals surface area contributed by atoms with E-state index in [1.807, 2.05) is 12.1 Å². The topological polar surface area (TPSA) is 12.0 Å². The first-order valence-electron chi connectivity index (χ1n) is 7.36. The normalized spacial score (nSPS) is 19.2. The molecule has 0 bridgehead atoms. The molecule has 1 fully saturated rings. The first-order valence-corrected chi connectivity index (χ1v) is 8.53. The predicted molar refractivity (Wildman–Crippen MR) is 86.7 cm³/mol. The third-order valence-corrected chi connectivity index (χ3v) is 5.68. The number of benzene rings is 1. The van der Waals surface area contributed by atoms with Crippen molar-refractivity contribution in [1.29, 1.82) is 0 Å². The Morgan fingerprint density at radius 2 is 2.05 bits per heavy atom. The van der Waals surface area contributed by atoms with Gasteiger partial charge in [0.05, 0.1) is 5.02 Å². The van der Waals surface area contributed by atoms with Gasteiger partial charge in [0, 0.05) is 16.1 Å². The molecule has 0 radical (unpaired) electrons. The standard InChI is InChI=1S/C16H22BrClFN/c1-3-10-20-15(16(2)8-4-5-9-16)11-6-7-12(17)13(18)14(11)19/h6-7,15,20H,3-5,8-10H2,1-2H3. The number of hydrogen-bond donors (Lipinski definition) is 1. The van der Waals surface area contributed by atoms with Crippen molar-refractivity contribution < 1.29 is 4.39 Å². The number of rotatable bonds is 5. The highest BCUT2D eigenvalue weighted by molar-refractivity contribution is 9.10. The van der Waals surface area contributed by atoms with Gasteiger partial charge < -0.3 is 5.32 Å². The molecule has 1 N–H and O–H groups in total. The summed E-state index contributed by atoms with van der Waals surface area (Å²) in [6, 6.07) is 3.75. The van der Waals surface area contributed by atoms with E-state index >= 15 is 0 Å². The van der Waals surface area contributed by atoms with Crippen molar-refractivity contribution in [2.75, 3.05) is 6.54 Å².